The van der Waals surface area contributed by atoms with Crippen LogP contribution in [-0.4, -0.2) is 110 Å². The highest BCUT2D eigenvalue weighted by molar-refractivity contribution is 5.80. The Kier molecular flexibility index (Phi) is 47.1. The Balaban J connectivity index is 2.14. The van der Waals surface area contributed by atoms with Gasteiger partial charge in [-0.3, -0.25) is 4.79 Å². The van der Waals surface area contributed by atoms with Crippen LogP contribution in [0.3, 0.4) is 0 Å². The Bertz CT molecular complexity index is 1200. The molecule has 1 heterocycles. The molecule has 9 atom stereocenters. The standard InChI is InChI=1S/C60H115NO10/c1-3-5-7-9-11-13-15-16-17-18-19-20-21-22-23-24-25-26-27-28-29-30-31-32-33-34-35-36-37-38-40-42-44-46-48-53(64)59(69)61-51(50-70-60-58(68)57(67)56(66)54(49-62)71-60)55(65)52(63)47-45-43-41-39-14-12-10-8-6-4-2/h21-22,24-25,51-58,60,62-68H,3-20,23,26-50H2,1-2H3,(H,61,69)/b22-21-,25-24-. The first-order valence-corrected chi connectivity index (χ1v) is 30.2. The van der Waals surface area contributed by atoms with Gasteiger partial charge in [0.15, 0.2) is 6.29 Å². The number of allylic oxidation sites excluding steroid dienone is 4. The lowest BCUT2D eigenvalue weighted by Crippen LogP contribution is -2.60. The number of unbranched alkanes of at least 4 members (excludes halogenated alkanes) is 36. The van der Waals surface area contributed by atoms with Crippen LogP contribution >= 0.6 is 0 Å². The minimum Gasteiger partial charge on any atom is -0.394 e. The molecule has 9 unspecified atom stereocenters. The molecule has 1 saturated heterocycles. The molecule has 1 amide bonds. The summed E-state index contributed by atoms with van der Waals surface area (Å²) in [5.41, 5.74) is 0. The van der Waals surface area contributed by atoms with Gasteiger partial charge in [-0.2, -0.15) is 0 Å². The van der Waals surface area contributed by atoms with E-state index < -0.39 is 74.2 Å². The van der Waals surface area contributed by atoms with E-state index in [-0.39, 0.29) is 6.42 Å². The third kappa shape index (κ3) is 37.9. The molecule has 0 spiro atoms. The van der Waals surface area contributed by atoms with E-state index in [4.69, 9.17) is 9.47 Å². The number of hydrogen-bond donors (Lipinski definition) is 8. The summed E-state index contributed by atoms with van der Waals surface area (Å²) in [7, 11) is 0. The van der Waals surface area contributed by atoms with Gasteiger partial charge in [0.05, 0.1) is 25.4 Å². The fraction of sp³-hybridized carbons (Fsp3) is 0.917. The van der Waals surface area contributed by atoms with Crippen LogP contribution in [0.25, 0.3) is 0 Å². The highest BCUT2D eigenvalue weighted by atomic mass is 16.7. The number of nitrogens with one attached hydrogen (secondary N) is 1. The van der Waals surface area contributed by atoms with E-state index in [1.807, 2.05) is 0 Å². The summed E-state index contributed by atoms with van der Waals surface area (Å²) in [4.78, 5) is 13.1. The highest BCUT2D eigenvalue weighted by Crippen LogP contribution is 2.24. The first-order valence-electron chi connectivity index (χ1n) is 30.2. The maximum Gasteiger partial charge on any atom is 0.249 e. The number of ether oxygens (including phenoxy) is 2. The predicted octanol–water partition coefficient (Wildman–Crippen LogP) is 12.9. The van der Waals surface area contributed by atoms with Crippen LogP contribution in [0.5, 0.6) is 0 Å². The Morgan fingerprint density at radius 1 is 0.493 bits per heavy atom. The van der Waals surface area contributed by atoms with Crippen molar-refractivity contribution in [2.24, 2.45) is 0 Å². The zero-order chi connectivity index (χ0) is 51.8. The molecule has 8 N–H and O–H groups in total. The van der Waals surface area contributed by atoms with Crippen LogP contribution in [-0.2, 0) is 14.3 Å². The molecular weight excluding hydrogens is 895 g/mol. The molecule has 0 saturated carbocycles. The number of rotatable bonds is 52. The van der Waals surface area contributed by atoms with Crippen LogP contribution in [0.15, 0.2) is 24.3 Å². The molecule has 11 heteroatoms. The van der Waals surface area contributed by atoms with Crippen LogP contribution in [0, 0.1) is 0 Å². The summed E-state index contributed by atoms with van der Waals surface area (Å²) in [6, 6.07) is -1.16. The van der Waals surface area contributed by atoms with Gasteiger partial charge in [-0.1, -0.05) is 263 Å². The topological polar surface area (TPSA) is 189 Å². The van der Waals surface area contributed by atoms with Crippen molar-refractivity contribution in [1.29, 1.82) is 0 Å². The van der Waals surface area contributed by atoms with Crippen molar-refractivity contribution in [2.45, 2.75) is 339 Å². The lowest BCUT2D eigenvalue weighted by atomic mass is 9.98. The quantitative estimate of drug-likeness (QED) is 0.0215. The molecule has 420 valence electrons. The van der Waals surface area contributed by atoms with E-state index in [1.165, 1.54) is 199 Å². The lowest BCUT2D eigenvalue weighted by Gasteiger charge is -2.40. The molecule has 0 aromatic heterocycles. The van der Waals surface area contributed by atoms with Crippen molar-refractivity contribution in [3.63, 3.8) is 0 Å². The number of aliphatic hydroxyl groups excluding tert-OH is 7. The summed E-state index contributed by atoms with van der Waals surface area (Å²) in [5.74, 6) is -0.695. The van der Waals surface area contributed by atoms with Gasteiger partial charge in [-0.05, 0) is 44.9 Å². The number of hydrogen-bond acceptors (Lipinski definition) is 10. The van der Waals surface area contributed by atoms with Crippen molar-refractivity contribution in [3.8, 4) is 0 Å². The van der Waals surface area contributed by atoms with E-state index in [0.717, 1.165) is 44.9 Å². The fourth-order valence-electron chi connectivity index (χ4n) is 9.83. The SMILES string of the molecule is CCCCCCCCCCCCC/C=C\C/C=C\CCCCCCCCCCCCCCCCCCC(O)C(=O)NC(COC1OC(CO)C(O)C(O)C1O)C(O)C(O)CCCCCCCCCCCC. The highest BCUT2D eigenvalue weighted by Gasteiger charge is 2.44. The fourth-order valence-corrected chi connectivity index (χ4v) is 9.83. The Morgan fingerprint density at radius 3 is 1.25 bits per heavy atom. The third-order valence-electron chi connectivity index (χ3n) is 14.8. The molecule has 1 aliphatic rings. The predicted molar refractivity (Wildman–Crippen MR) is 293 cm³/mol. The molecule has 11 nitrogen and oxygen atoms in total. The molecule has 0 aromatic rings. The monoisotopic (exact) mass is 1010 g/mol. The van der Waals surface area contributed by atoms with E-state index in [2.05, 4.69) is 43.5 Å². The molecular formula is C60H115NO10. The smallest absolute Gasteiger partial charge is 0.249 e. The number of carbonyl (C=O) groups is 1. The molecule has 0 radical (unpaired) electrons. The zero-order valence-electron chi connectivity index (χ0n) is 46.0. The normalized spacial score (nSPS) is 20.3. The lowest BCUT2D eigenvalue weighted by molar-refractivity contribution is -0.303. The Morgan fingerprint density at radius 2 is 0.859 bits per heavy atom. The zero-order valence-corrected chi connectivity index (χ0v) is 46.0. The van der Waals surface area contributed by atoms with E-state index in [0.29, 0.717) is 19.3 Å². The summed E-state index contributed by atoms with van der Waals surface area (Å²) in [5, 5.41) is 75.9. The minimum absolute atomic E-state index is 0.262. The summed E-state index contributed by atoms with van der Waals surface area (Å²) < 4.78 is 11.1. The molecule has 0 aliphatic carbocycles. The summed E-state index contributed by atoms with van der Waals surface area (Å²) in [6.45, 7) is 3.45. The minimum atomic E-state index is -1.66. The first kappa shape index (κ1) is 67.6. The van der Waals surface area contributed by atoms with E-state index in [1.54, 1.807) is 0 Å². The van der Waals surface area contributed by atoms with Crippen LogP contribution in [0.1, 0.15) is 284 Å². The van der Waals surface area contributed by atoms with Crippen LogP contribution in [0.2, 0.25) is 0 Å². The summed E-state index contributed by atoms with van der Waals surface area (Å²) >= 11 is 0. The third-order valence-corrected chi connectivity index (χ3v) is 14.8. The average Bonchev–Trinajstić information content (AvgIpc) is 3.37. The van der Waals surface area contributed by atoms with Crippen molar-refractivity contribution in [3.05, 3.63) is 24.3 Å². The van der Waals surface area contributed by atoms with E-state index >= 15 is 0 Å². The number of amides is 1. The van der Waals surface area contributed by atoms with Gasteiger partial charge in [-0.15, -0.1) is 0 Å². The van der Waals surface area contributed by atoms with Gasteiger partial charge in [0.2, 0.25) is 5.91 Å². The van der Waals surface area contributed by atoms with Gasteiger partial charge in [0, 0.05) is 0 Å². The van der Waals surface area contributed by atoms with Gasteiger partial charge < -0.3 is 50.5 Å². The van der Waals surface area contributed by atoms with Gasteiger partial charge in [0.1, 0.15) is 36.6 Å². The molecule has 71 heavy (non-hydrogen) atoms. The first-order chi connectivity index (χ1) is 34.7. The largest absolute Gasteiger partial charge is 0.394 e. The number of aliphatic hydroxyl groups is 7. The summed E-state index contributed by atoms with van der Waals surface area (Å²) in [6.07, 6.45) is 48.4. The van der Waals surface area contributed by atoms with Gasteiger partial charge >= 0.3 is 0 Å². The molecule has 0 aromatic carbocycles. The van der Waals surface area contributed by atoms with Crippen molar-refractivity contribution >= 4 is 5.91 Å². The molecule has 0 bridgehead atoms. The molecule has 1 aliphatic heterocycles. The maximum absolute atomic E-state index is 13.1. The van der Waals surface area contributed by atoms with Crippen molar-refractivity contribution in [1.82, 2.24) is 5.32 Å². The average molecular weight is 1010 g/mol. The Labute approximate surface area is 435 Å². The van der Waals surface area contributed by atoms with Crippen molar-refractivity contribution in [2.75, 3.05) is 13.2 Å². The van der Waals surface area contributed by atoms with Crippen LogP contribution < -0.4 is 5.32 Å². The second-order valence-corrected chi connectivity index (χ2v) is 21.4. The van der Waals surface area contributed by atoms with Gasteiger partial charge in [-0.25, -0.2) is 0 Å². The van der Waals surface area contributed by atoms with Crippen molar-refractivity contribution < 1.29 is 50.0 Å². The second-order valence-electron chi connectivity index (χ2n) is 21.4. The van der Waals surface area contributed by atoms with E-state index in [9.17, 15) is 40.5 Å². The number of carbonyl (C=O) groups excluding carboxylic acids is 1. The van der Waals surface area contributed by atoms with Crippen LogP contribution in [0.4, 0.5) is 0 Å². The molecule has 1 fully saturated rings. The van der Waals surface area contributed by atoms with Gasteiger partial charge in [0.25, 0.3) is 0 Å². The maximum atomic E-state index is 13.1. The second kappa shape index (κ2) is 49.5. The Hall–Kier alpha value is -1.41. The molecule has 1 rings (SSSR count).